The molecule has 0 radical (unpaired) electrons. The van der Waals surface area contributed by atoms with Crippen LogP contribution in [0.2, 0.25) is 0 Å². The molecule has 0 atom stereocenters. The Morgan fingerprint density at radius 3 is 2.24 bits per heavy atom. The summed E-state index contributed by atoms with van der Waals surface area (Å²) in [7, 11) is 0. The van der Waals surface area contributed by atoms with E-state index in [0.717, 1.165) is 17.8 Å². The molecule has 0 aromatic carbocycles. The van der Waals surface area contributed by atoms with Gasteiger partial charge in [0.15, 0.2) is 0 Å². The van der Waals surface area contributed by atoms with Gasteiger partial charge in [0, 0.05) is 5.70 Å². The van der Waals surface area contributed by atoms with Gasteiger partial charge in [-0.25, -0.2) is 4.99 Å². The monoisotopic (exact) mass is 233 g/mol. The van der Waals surface area contributed by atoms with E-state index in [1.807, 2.05) is 13.8 Å². The van der Waals surface area contributed by atoms with Crippen molar-refractivity contribution in [2.75, 3.05) is 0 Å². The number of hydrogen-bond acceptors (Lipinski definition) is 1. The average molecular weight is 233 g/mol. The molecule has 0 saturated carbocycles. The van der Waals surface area contributed by atoms with Crippen LogP contribution in [0.4, 0.5) is 0 Å². The standard InChI is InChI=1S/C16H27N/c1-5-7-8-9-10-11-12-13-14-16(4)17-15(3)6-2/h2,14H,5,7-13H2,1,3-4H3/b16-14-,17-15-. The van der Waals surface area contributed by atoms with Crippen LogP contribution in [0.3, 0.4) is 0 Å². The van der Waals surface area contributed by atoms with E-state index in [1.165, 1.54) is 44.9 Å². The van der Waals surface area contributed by atoms with E-state index in [4.69, 9.17) is 6.42 Å². The quantitative estimate of drug-likeness (QED) is 0.297. The first kappa shape index (κ1) is 16.0. The Balaban J connectivity index is 3.50. The number of terminal acetylenes is 1. The molecule has 0 saturated heterocycles. The van der Waals surface area contributed by atoms with Gasteiger partial charge in [-0.2, -0.15) is 0 Å². The van der Waals surface area contributed by atoms with Crippen molar-refractivity contribution in [3.63, 3.8) is 0 Å². The van der Waals surface area contributed by atoms with Gasteiger partial charge in [-0.1, -0.05) is 57.4 Å². The predicted molar refractivity (Wildman–Crippen MR) is 78.3 cm³/mol. The van der Waals surface area contributed by atoms with Crippen molar-refractivity contribution in [2.45, 2.75) is 72.1 Å². The topological polar surface area (TPSA) is 12.4 Å². The van der Waals surface area contributed by atoms with Gasteiger partial charge in [-0.15, -0.1) is 6.42 Å². The highest BCUT2D eigenvalue weighted by molar-refractivity contribution is 5.98. The molecule has 17 heavy (non-hydrogen) atoms. The zero-order valence-corrected chi connectivity index (χ0v) is 11.8. The third kappa shape index (κ3) is 11.2. The minimum atomic E-state index is 0.762. The summed E-state index contributed by atoms with van der Waals surface area (Å²) >= 11 is 0. The first-order valence-corrected chi connectivity index (χ1v) is 6.89. The Hall–Kier alpha value is -1.03. The van der Waals surface area contributed by atoms with Gasteiger partial charge in [-0.3, -0.25) is 0 Å². The predicted octanol–water partition coefficient (Wildman–Crippen LogP) is 5.13. The fourth-order valence-corrected chi connectivity index (χ4v) is 1.75. The first-order chi connectivity index (χ1) is 8.20. The highest BCUT2D eigenvalue weighted by atomic mass is 14.7. The van der Waals surface area contributed by atoms with Crippen LogP contribution in [0.25, 0.3) is 0 Å². The summed E-state index contributed by atoms with van der Waals surface area (Å²) in [4.78, 5) is 4.30. The summed E-state index contributed by atoms with van der Waals surface area (Å²) in [6.07, 6.45) is 18.1. The van der Waals surface area contributed by atoms with E-state index < -0.39 is 0 Å². The zero-order chi connectivity index (χ0) is 12.9. The SMILES string of the molecule is C#C/C(C)=N\C(C)=C/CCCCCCCCC. The Kier molecular flexibility index (Phi) is 10.8. The summed E-state index contributed by atoms with van der Waals surface area (Å²) in [5, 5.41) is 0. The summed E-state index contributed by atoms with van der Waals surface area (Å²) in [5.74, 6) is 2.54. The van der Waals surface area contributed by atoms with Crippen LogP contribution in [0, 0.1) is 12.3 Å². The molecule has 0 bridgehead atoms. The molecule has 0 rings (SSSR count). The molecule has 0 aromatic rings. The highest BCUT2D eigenvalue weighted by Gasteiger charge is 1.91. The van der Waals surface area contributed by atoms with Gasteiger partial charge in [0.1, 0.15) is 0 Å². The number of rotatable bonds is 9. The van der Waals surface area contributed by atoms with Gasteiger partial charge in [0.05, 0.1) is 5.71 Å². The fraction of sp³-hybridized carbons (Fsp3) is 0.688. The maximum atomic E-state index is 5.25. The second-order valence-electron chi connectivity index (χ2n) is 4.60. The van der Waals surface area contributed by atoms with Crippen molar-refractivity contribution in [3.05, 3.63) is 11.8 Å². The number of allylic oxidation sites excluding steroid dienone is 2. The lowest BCUT2D eigenvalue weighted by atomic mass is 10.1. The minimum absolute atomic E-state index is 0.762. The lowest BCUT2D eigenvalue weighted by Crippen LogP contribution is -1.85. The van der Waals surface area contributed by atoms with Gasteiger partial charge >= 0.3 is 0 Å². The lowest BCUT2D eigenvalue weighted by molar-refractivity contribution is 0.591. The summed E-state index contributed by atoms with van der Waals surface area (Å²) in [6.45, 7) is 6.14. The number of aliphatic imine (C=N–C) groups is 1. The van der Waals surface area contributed by atoms with E-state index in [-0.39, 0.29) is 0 Å². The number of nitrogens with zero attached hydrogens (tertiary/aromatic N) is 1. The summed E-state index contributed by atoms with van der Waals surface area (Å²) in [5.41, 5.74) is 1.81. The smallest absolute Gasteiger partial charge is 0.0868 e. The van der Waals surface area contributed by atoms with Gasteiger partial charge in [0.25, 0.3) is 0 Å². The molecule has 1 nitrogen and oxygen atoms in total. The largest absolute Gasteiger partial charge is 0.250 e. The molecule has 0 heterocycles. The second kappa shape index (κ2) is 11.5. The lowest BCUT2D eigenvalue weighted by Gasteiger charge is -1.99. The average Bonchev–Trinajstić information content (AvgIpc) is 2.32. The molecule has 0 aliphatic carbocycles. The molecular weight excluding hydrogens is 206 g/mol. The van der Waals surface area contributed by atoms with Gasteiger partial charge in [-0.05, 0) is 26.7 Å². The third-order valence-electron chi connectivity index (χ3n) is 2.80. The number of unbranched alkanes of at least 4 members (excludes halogenated alkanes) is 7. The molecule has 0 aliphatic heterocycles. The fourth-order valence-electron chi connectivity index (χ4n) is 1.75. The summed E-state index contributed by atoms with van der Waals surface area (Å²) < 4.78 is 0. The zero-order valence-electron chi connectivity index (χ0n) is 11.8. The van der Waals surface area contributed by atoms with Crippen LogP contribution in [-0.4, -0.2) is 5.71 Å². The molecular formula is C16H27N. The van der Waals surface area contributed by atoms with Gasteiger partial charge in [0.2, 0.25) is 0 Å². The van der Waals surface area contributed by atoms with Crippen molar-refractivity contribution < 1.29 is 0 Å². The molecule has 0 N–H and O–H groups in total. The Bertz CT molecular complexity index is 278. The van der Waals surface area contributed by atoms with Crippen LogP contribution in [0.1, 0.15) is 72.1 Å². The molecule has 1 heteroatoms. The molecule has 0 spiro atoms. The Labute approximate surface area is 107 Å². The van der Waals surface area contributed by atoms with Crippen molar-refractivity contribution in [1.82, 2.24) is 0 Å². The van der Waals surface area contributed by atoms with E-state index in [0.29, 0.717) is 0 Å². The van der Waals surface area contributed by atoms with Crippen molar-refractivity contribution >= 4 is 5.71 Å². The Morgan fingerprint density at radius 1 is 1.06 bits per heavy atom. The first-order valence-electron chi connectivity index (χ1n) is 6.89. The van der Waals surface area contributed by atoms with E-state index >= 15 is 0 Å². The van der Waals surface area contributed by atoms with Crippen LogP contribution < -0.4 is 0 Å². The molecule has 0 aliphatic rings. The van der Waals surface area contributed by atoms with Crippen LogP contribution in [0.15, 0.2) is 16.8 Å². The maximum Gasteiger partial charge on any atom is 0.0868 e. The number of hydrogen-bond donors (Lipinski definition) is 0. The molecule has 0 fully saturated rings. The molecule has 0 amide bonds. The highest BCUT2D eigenvalue weighted by Crippen LogP contribution is 2.09. The van der Waals surface area contributed by atoms with Crippen LogP contribution in [-0.2, 0) is 0 Å². The van der Waals surface area contributed by atoms with Crippen molar-refractivity contribution in [3.8, 4) is 12.3 Å². The minimum Gasteiger partial charge on any atom is -0.250 e. The summed E-state index contributed by atoms with van der Waals surface area (Å²) in [6, 6.07) is 0. The third-order valence-corrected chi connectivity index (χ3v) is 2.80. The molecule has 96 valence electrons. The van der Waals surface area contributed by atoms with Crippen LogP contribution in [0.5, 0.6) is 0 Å². The van der Waals surface area contributed by atoms with E-state index in [1.54, 1.807) is 0 Å². The van der Waals surface area contributed by atoms with Gasteiger partial charge < -0.3 is 0 Å². The van der Waals surface area contributed by atoms with Crippen LogP contribution >= 0.6 is 0 Å². The molecule has 0 unspecified atom stereocenters. The van der Waals surface area contributed by atoms with Crippen molar-refractivity contribution in [2.24, 2.45) is 4.99 Å². The normalized spacial score (nSPS) is 12.6. The van der Waals surface area contributed by atoms with Crippen molar-refractivity contribution in [1.29, 1.82) is 0 Å². The molecule has 0 aromatic heterocycles. The maximum absolute atomic E-state index is 5.25. The second-order valence-corrected chi connectivity index (χ2v) is 4.60. The Morgan fingerprint density at radius 2 is 1.65 bits per heavy atom. The van der Waals surface area contributed by atoms with E-state index in [2.05, 4.69) is 23.9 Å². The van der Waals surface area contributed by atoms with E-state index in [9.17, 15) is 0 Å².